The number of hydrogen-bond acceptors (Lipinski definition) is 4. The largest absolute Gasteiger partial charge is 0.391 e. The summed E-state index contributed by atoms with van der Waals surface area (Å²) in [5.74, 6) is -2.30. The average Bonchev–Trinajstić information content (AvgIpc) is 3.24. The molecule has 9 heteroatoms. The van der Waals surface area contributed by atoms with E-state index in [0.717, 1.165) is 51.0 Å². The number of aliphatic hydroxyl groups excluding tert-OH is 1. The van der Waals surface area contributed by atoms with Gasteiger partial charge in [0.05, 0.1) is 29.3 Å². The summed E-state index contributed by atoms with van der Waals surface area (Å²) in [5, 5.41) is 16.0. The predicted molar refractivity (Wildman–Crippen MR) is 121 cm³/mol. The molecule has 34 heavy (non-hydrogen) atoms. The van der Waals surface area contributed by atoms with E-state index in [1.54, 1.807) is 0 Å². The molecule has 2 amide bonds. The van der Waals surface area contributed by atoms with Crippen molar-refractivity contribution in [3.8, 4) is 0 Å². The van der Waals surface area contributed by atoms with Gasteiger partial charge in [-0.15, -0.1) is 0 Å². The third kappa shape index (κ3) is 4.69. The quantitative estimate of drug-likeness (QED) is 0.478. The summed E-state index contributed by atoms with van der Waals surface area (Å²) in [7, 11) is 0. The third-order valence-electron chi connectivity index (χ3n) is 8.28. The number of carbonyl (C=O) groups is 2. The molecule has 4 aliphatic carbocycles. The Morgan fingerprint density at radius 3 is 2.56 bits per heavy atom. The first-order valence-corrected chi connectivity index (χ1v) is 12.7. The van der Waals surface area contributed by atoms with Crippen molar-refractivity contribution in [2.45, 2.75) is 82.1 Å². The summed E-state index contributed by atoms with van der Waals surface area (Å²) >= 11 is 6.00. The summed E-state index contributed by atoms with van der Waals surface area (Å²) < 4.78 is 35.4. The topological polar surface area (TPSA) is 87.7 Å². The summed E-state index contributed by atoms with van der Waals surface area (Å²) in [4.78, 5) is 25.5. The standard InChI is InChI=1S/C25H31ClF2N2O4/c26-16-3-4-17(27)21(22(16)28)23(25-7-5-13(11-25)6-8-25)30-24(33)14-9-18(19(31)10-14)29-20(32)12-34-15-1-2-15/h3-4,13-15,18-19,23,31H,1-2,5-12H2,(H,29,32)(H,30,33)/t13?,14-,18-,19+,23+,25?/m0/s1. The van der Waals surface area contributed by atoms with Crippen molar-refractivity contribution in [1.29, 1.82) is 0 Å². The molecule has 0 radical (unpaired) electrons. The molecule has 0 heterocycles. The fourth-order valence-electron chi connectivity index (χ4n) is 6.30. The summed E-state index contributed by atoms with van der Waals surface area (Å²) in [5.41, 5.74) is -0.582. The molecular weight excluding hydrogens is 466 g/mol. The Morgan fingerprint density at radius 1 is 1.18 bits per heavy atom. The molecule has 4 atom stereocenters. The number of benzene rings is 1. The van der Waals surface area contributed by atoms with Crippen molar-refractivity contribution in [3.05, 3.63) is 34.4 Å². The van der Waals surface area contributed by atoms with Gasteiger partial charge in [0.15, 0.2) is 0 Å². The average molecular weight is 497 g/mol. The monoisotopic (exact) mass is 496 g/mol. The molecule has 0 aliphatic heterocycles. The molecule has 0 saturated heterocycles. The first kappa shape index (κ1) is 23.9. The van der Waals surface area contributed by atoms with Crippen molar-refractivity contribution >= 4 is 23.4 Å². The number of rotatable bonds is 8. The van der Waals surface area contributed by atoms with Crippen LogP contribution >= 0.6 is 11.6 Å². The minimum atomic E-state index is -0.876. The smallest absolute Gasteiger partial charge is 0.246 e. The van der Waals surface area contributed by atoms with Crippen LogP contribution in [0.1, 0.15) is 69.4 Å². The minimum Gasteiger partial charge on any atom is -0.391 e. The lowest BCUT2D eigenvalue weighted by atomic mass is 9.74. The van der Waals surface area contributed by atoms with E-state index in [9.17, 15) is 19.1 Å². The first-order chi connectivity index (χ1) is 16.3. The molecule has 4 aliphatic rings. The number of amides is 2. The number of ether oxygens (including phenoxy) is 1. The van der Waals surface area contributed by atoms with Crippen LogP contribution in [0.15, 0.2) is 12.1 Å². The highest BCUT2D eigenvalue weighted by Crippen LogP contribution is 2.60. The summed E-state index contributed by atoms with van der Waals surface area (Å²) in [6, 6.07) is 0.937. The maximum Gasteiger partial charge on any atom is 0.246 e. The number of hydrogen-bond donors (Lipinski definition) is 3. The van der Waals surface area contributed by atoms with Gasteiger partial charge in [0.2, 0.25) is 11.8 Å². The zero-order valence-electron chi connectivity index (χ0n) is 19.0. The van der Waals surface area contributed by atoms with Crippen LogP contribution in [0.5, 0.6) is 0 Å². The molecule has 3 N–H and O–H groups in total. The Hall–Kier alpha value is -1.77. The number of nitrogens with one attached hydrogen (secondary N) is 2. The van der Waals surface area contributed by atoms with E-state index in [0.29, 0.717) is 5.92 Å². The summed E-state index contributed by atoms with van der Waals surface area (Å²) in [6.07, 6.45) is 5.97. The lowest BCUT2D eigenvalue weighted by Crippen LogP contribution is -2.43. The van der Waals surface area contributed by atoms with Gasteiger partial charge in [-0.3, -0.25) is 9.59 Å². The van der Waals surface area contributed by atoms with Gasteiger partial charge >= 0.3 is 0 Å². The molecule has 5 rings (SSSR count). The molecule has 2 bridgehead atoms. The molecule has 0 aromatic heterocycles. The maximum atomic E-state index is 15.1. The first-order valence-electron chi connectivity index (χ1n) is 12.3. The van der Waals surface area contributed by atoms with Crippen molar-refractivity contribution in [2.24, 2.45) is 17.3 Å². The van der Waals surface area contributed by atoms with Crippen LogP contribution in [0.3, 0.4) is 0 Å². The van der Waals surface area contributed by atoms with Crippen LogP contribution in [0.4, 0.5) is 8.78 Å². The predicted octanol–water partition coefficient (Wildman–Crippen LogP) is 3.79. The molecule has 0 spiro atoms. The Kier molecular flexibility index (Phi) is 6.59. The van der Waals surface area contributed by atoms with Crippen molar-refractivity contribution < 1.29 is 28.2 Å². The van der Waals surface area contributed by atoms with Crippen LogP contribution in [0, 0.1) is 28.9 Å². The zero-order valence-corrected chi connectivity index (χ0v) is 19.8. The van der Waals surface area contributed by atoms with Gasteiger partial charge in [-0.25, -0.2) is 8.78 Å². The van der Waals surface area contributed by atoms with Crippen molar-refractivity contribution in [2.75, 3.05) is 6.61 Å². The van der Waals surface area contributed by atoms with E-state index in [1.165, 1.54) is 6.07 Å². The SMILES string of the molecule is O=C(COC1CC1)N[C@H]1C[C@H](C(=O)N[C@H](c2c(F)ccc(Cl)c2F)C23CCC(CC2)C3)C[C@H]1O. The Balaban J connectivity index is 1.30. The highest BCUT2D eigenvalue weighted by molar-refractivity contribution is 6.30. The zero-order chi connectivity index (χ0) is 24.0. The van der Waals surface area contributed by atoms with Crippen LogP contribution < -0.4 is 10.6 Å². The number of fused-ring (bicyclic) bond motifs is 2. The second kappa shape index (κ2) is 9.36. The second-order valence-electron chi connectivity index (χ2n) is 10.6. The molecule has 0 unspecified atom stereocenters. The third-order valence-corrected chi connectivity index (χ3v) is 8.58. The van der Waals surface area contributed by atoms with Crippen LogP contribution in [-0.2, 0) is 14.3 Å². The van der Waals surface area contributed by atoms with Crippen LogP contribution in [0.2, 0.25) is 5.02 Å². The van der Waals surface area contributed by atoms with Gasteiger partial charge in [-0.05, 0) is 81.3 Å². The fourth-order valence-corrected chi connectivity index (χ4v) is 6.47. The van der Waals surface area contributed by atoms with Gasteiger partial charge in [0.1, 0.15) is 18.2 Å². The Bertz CT molecular complexity index is 964. The second-order valence-corrected chi connectivity index (χ2v) is 11.0. The van der Waals surface area contributed by atoms with E-state index in [1.807, 2.05) is 0 Å². The number of halogens is 3. The Labute approximate surface area is 202 Å². The normalized spacial score (nSPS) is 33.2. The van der Waals surface area contributed by atoms with Crippen molar-refractivity contribution in [1.82, 2.24) is 10.6 Å². The van der Waals surface area contributed by atoms with E-state index >= 15 is 4.39 Å². The maximum absolute atomic E-state index is 15.1. The van der Waals surface area contributed by atoms with Crippen LogP contribution in [-0.4, -0.2) is 41.8 Å². The Morgan fingerprint density at radius 2 is 1.91 bits per heavy atom. The van der Waals surface area contributed by atoms with Gasteiger partial charge in [0.25, 0.3) is 0 Å². The molecule has 6 nitrogen and oxygen atoms in total. The van der Waals surface area contributed by atoms with Gasteiger partial charge in [0, 0.05) is 11.5 Å². The molecule has 1 aromatic carbocycles. The fraction of sp³-hybridized carbons (Fsp3) is 0.680. The van der Waals surface area contributed by atoms with Crippen molar-refractivity contribution in [3.63, 3.8) is 0 Å². The highest BCUT2D eigenvalue weighted by atomic mass is 35.5. The van der Waals surface area contributed by atoms with Gasteiger partial charge < -0.3 is 20.5 Å². The molecule has 1 aromatic rings. The van der Waals surface area contributed by atoms with Gasteiger partial charge in [-0.1, -0.05) is 11.6 Å². The minimum absolute atomic E-state index is 0.0656. The van der Waals surface area contributed by atoms with Gasteiger partial charge in [-0.2, -0.15) is 0 Å². The van der Waals surface area contributed by atoms with E-state index < -0.39 is 41.2 Å². The molecule has 4 saturated carbocycles. The lowest BCUT2D eigenvalue weighted by Gasteiger charge is -2.38. The number of carbonyl (C=O) groups excluding carboxylic acids is 2. The molecule has 4 fully saturated rings. The van der Waals surface area contributed by atoms with E-state index in [2.05, 4.69) is 10.6 Å². The lowest BCUT2D eigenvalue weighted by molar-refractivity contribution is -0.128. The van der Waals surface area contributed by atoms with E-state index in [-0.39, 0.29) is 48.0 Å². The number of aliphatic hydroxyl groups is 1. The summed E-state index contributed by atoms with van der Waals surface area (Å²) in [6.45, 7) is -0.0656. The van der Waals surface area contributed by atoms with Crippen LogP contribution in [0.25, 0.3) is 0 Å². The molecular formula is C25H31ClF2N2O4. The van der Waals surface area contributed by atoms with E-state index in [4.69, 9.17) is 16.3 Å². The highest BCUT2D eigenvalue weighted by Gasteiger charge is 2.52. The molecule has 186 valence electrons.